The number of nitrogens with zero attached hydrogens (tertiary/aromatic N) is 1. The third-order valence-electron chi connectivity index (χ3n) is 4.61. The molecule has 1 N–H and O–H groups in total. The van der Waals surface area contributed by atoms with Crippen molar-refractivity contribution < 1.29 is 33.0 Å². The van der Waals surface area contributed by atoms with Crippen LogP contribution >= 0.6 is 0 Å². The fourth-order valence-corrected chi connectivity index (χ4v) is 3.31. The maximum Gasteiger partial charge on any atom is 0.387 e. The zero-order valence-corrected chi connectivity index (χ0v) is 14.8. The molecule has 2 unspecified atom stereocenters. The van der Waals surface area contributed by atoms with Crippen molar-refractivity contribution in [2.24, 2.45) is 11.8 Å². The van der Waals surface area contributed by atoms with E-state index in [1.165, 1.54) is 24.1 Å². The van der Waals surface area contributed by atoms with E-state index in [1.54, 1.807) is 13.1 Å². The number of carboxylic acids is 1. The first kappa shape index (κ1) is 19.9. The van der Waals surface area contributed by atoms with E-state index in [0.29, 0.717) is 31.2 Å². The summed E-state index contributed by atoms with van der Waals surface area (Å²) in [4.78, 5) is 25.3. The van der Waals surface area contributed by atoms with Gasteiger partial charge in [0.15, 0.2) is 11.5 Å². The first-order valence-electron chi connectivity index (χ1n) is 8.41. The number of hydrogen-bond acceptors (Lipinski definition) is 4. The Morgan fingerprint density at radius 3 is 2.58 bits per heavy atom. The Kier molecular flexibility index (Phi) is 6.76. The summed E-state index contributed by atoms with van der Waals surface area (Å²) in [6.07, 6.45) is 2.29. The summed E-state index contributed by atoms with van der Waals surface area (Å²) < 4.78 is 34.5. The Hall–Kier alpha value is -2.38. The summed E-state index contributed by atoms with van der Waals surface area (Å²) in [5.41, 5.74) is 0.614. The van der Waals surface area contributed by atoms with Gasteiger partial charge in [0, 0.05) is 19.5 Å². The predicted octanol–water partition coefficient (Wildman–Crippen LogP) is 3.15. The van der Waals surface area contributed by atoms with Crippen LogP contribution in [0.4, 0.5) is 8.78 Å². The number of benzene rings is 1. The first-order chi connectivity index (χ1) is 12.3. The first-order valence-corrected chi connectivity index (χ1v) is 8.41. The summed E-state index contributed by atoms with van der Waals surface area (Å²) in [5.74, 6) is -1.73. The van der Waals surface area contributed by atoms with E-state index in [-0.39, 0.29) is 29.9 Å². The molecule has 0 spiro atoms. The van der Waals surface area contributed by atoms with Crippen LogP contribution in [-0.4, -0.2) is 42.7 Å². The molecule has 1 aliphatic carbocycles. The number of methoxy groups -OCH3 is 1. The molecular weight excluding hydrogens is 348 g/mol. The molecule has 6 nitrogen and oxygen atoms in total. The summed E-state index contributed by atoms with van der Waals surface area (Å²) in [7, 11) is 2.97. The zero-order chi connectivity index (χ0) is 19.3. The minimum absolute atomic E-state index is 0.0931. The van der Waals surface area contributed by atoms with Crippen molar-refractivity contribution in [3.05, 3.63) is 23.8 Å². The minimum atomic E-state index is -2.98. The Labute approximate surface area is 150 Å². The maximum absolute atomic E-state index is 12.6. The molecule has 1 aliphatic rings. The van der Waals surface area contributed by atoms with Gasteiger partial charge in [0.05, 0.1) is 13.0 Å². The highest BCUT2D eigenvalue weighted by molar-refractivity contribution is 5.80. The highest BCUT2D eigenvalue weighted by Crippen LogP contribution is 2.32. The molecule has 0 bridgehead atoms. The Balaban J connectivity index is 2.05. The van der Waals surface area contributed by atoms with E-state index in [9.17, 15) is 18.4 Å². The molecule has 1 aromatic rings. The van der Waals surface area contributed by atoms with Crippen LogP contribution in [0.5, 0.6) is 11.5 Å². The fraction of sp³-hybridized carbons (Fsp3) is 0.556. The normalized spacial score (nSPS) is 19.9. The number of carbonyl (C=O) groups is 2. The van der Waals surface area contributed by atoms with Gasteiger partial charge in [-0.1, -0.05) is 12.5 Å². The van der Waals surface area contributed by atoms with Gasteiger partial charge in [-0.25, -0.2) is 0 Å². The largest absolute Gasteiger partial charge is 0.493 e. The maximum atomic E-state index is 12.6. The molecule has 0 aromatic heterocycles. The molecule has 1 saturated carbocycles. The lowest BCUT2D eigenvalue weighted by Gasteiger charge is -2.29. The van der Waals surface area contributed by atoms with Crippen LogP contribution in [0.15, 0.2) is 18.2 Å². The van der Waals surface area contributed by atoms with Crippen molar-refractivity contribution >= 4 is 11.9 Å². The van der Waals surface area contributed by atoms with Gasteiger partial charge in [0.25, 0.3) is 0 Å². The number of carbonyl (C=O) groups excluding carboxylic acids is 1. The number of hydrogen-bond donors (Lipinski definition) is 1. The average Bonchev–Trinajstić information content (AvgIpc) is 2.61. The highest BCUT2D eigenvalue weighted by atomic mass is 19.3. The minimum Gasteiger partial charge on any atom is -0.493 e. The number of ether oxygens (including phenoxy) is 2. The van der Waals surface area contributed by atoms with Crippen LogP contribution < -0.4 is 9.47 Å². The van der Waals surface area contributed by atoms with Gasteiger partial charge in [-0.3, -0.25) is 9.59 Å². The second-order valence-corrected chi connectivity index (χ2v) is 6.46. The van der Waals surface area contributed by atoms with Gasteiger partial charge in [-0.2, -0.15) is 8.78 Å². The predicted molar refractivity (Wildman–Crippen MR) is 89.2 cm³/mol. The lowest BCUT2D eigenvalue weighted by molar-refractivity contribution is -0.145. The van der Waals surface area contributed by atoms with Crippen molar-refractivity contribution in [1.29, 1.82) is 0 Å². The highest BCUT2D eigenvalue weighted by Gasteiger charge is 2.32. The average molecular weight is 371 g/mol. The van der Waals surface area contributed by atoms with E-state index in [0.717, 1.165) is 0 Å². The molecule has 2 rings (SSSR count). The van der Waals surface area contributed by atoms with E-state index in [1.807, 2.05) is 0 Å². The lowest BCUT2D eigenvalue weighted by Crippen LogP contribution is -2.36. The number of rotatable bonds is 7. The van der Waals surface area contributed by atoms with Crippen LogP contribution in [0, 0.1) is 11.8 Å². The second kappa shape index (κ2) is 8.82. The molecule has 8 heteroatoms. The van der Waals surface area contributed by atoms with Gasteiger partial charge >= 0.3 is 12.6 Å². The Morgan fingerprint density at radius 2 is 1.96 bits per heavy atom. The summed E-state index contributed by atoms with van der Waals surface area (Å²) in [6, 6.07) is 4.59. The molecule has 0 radical (unpaired) electrons. The molecule has 1 fully saturated rings. The van der Waals surface area contributed by atoms with E-state index < -0.39 is 18.5 Å². The molecule has 0 aliphatic heterocycles. The van der Waals surface area contributed by atoms with E-state index >= 15 is 0 Å². The molecule has 0 heterocycles. The van der Waals surface area contributed by atoms with Gasteiger partial charge in [-0.05, 0) is 37.0 Å². The van der Waals surface area contributed by atoms with Gasteiger partial charge in [0.2, 0.25) is 5.91 Å². The topological polar surface area (TPSA) is 76.1 Å². The third kappa shape index (κ3) is 5.06. The van der Waals surface area contributed by atoms with E-state index in [2.05, 4.69) is 4.74 Å². The monoisotopic (exact) mass is 371 g/mol. The SMILES string of the molecule is COc1ccc(CN(C)C(=O)C2CCCC(C(=O)O)C2)cc1OC(F)F. The summed E-state index contributed by atoms with van der Waals surface area (Å²) in [5, 5.41) is 9.15. The summed E-state index contributed by atoms with van der Waals surface area (Å²) in [6.45, 7) is -2.77. The standard InChI is InChI=1S/C18H23F2NO5/c1-21(16(22)12-4-3-5-13(9-12)17(23)24)10-11-6-7-14(25-2)15(8-11)26-18(19)20/h6-8,12-13,18H,3-5,9-10H2,1-2H3,(H,23,24). The fourth-order valence-electron chi connectivity index (χ4n) is 3.31. The number of aliphatic carboxylic acids is 1. The van der Waals surface area contributed by atoms with Crippen LogP contribution in [-0.2, 0) is 16.1 Å². The molecule has 1 aromatic carbocycles. The van der Waals surface area contributed by atoms with Crippen molar-refractivity contribution in [3.8, 4) is 11.5 Å². The van der Waals surface area contributed by atoms with Crippen LogP contribution in [0.2, 0.25) is 0 Å². The summed E-state index contributed by atoms with van der Waals surface area (Å²) >= 11 is 0. The van der Waals surface area contributed by atoms with Gasteiger partial charge in [0.1, 0.15) is 0 Å². The van der Waals surface area contributed by atoms with Crippen molar-refractivity contribution in [1.82, 2.24) is 4.90 Å². The quantitative estimate of drug-likeness (QED) is 0.797. The number of carboxylic acid groups (broad SMARTS) is 1. The van der Waals surface area contributed by atoms with Crippen LogP contribution in [0.25, 0.3) is 0 Å². The van der Waals surface area contributed by atoms with Crippen molar-refractivity contribution in [2.75, 3.05) is 14.2 Å². The van der Waals surface area contributed by atoms with E-state index in [4.69, 9.17) is 9.84 Å². The molecular formula is C18H23F2NO5. The molecule has 2 atom stereocenters. The Bertz CT molecular complexity index is 652. The van der Waals surface area contributed by atoms with Gasteiger partial charge in [-0.15, -0.1) is 0 Å². The molecule has 0 saturated heterocycles. The molecule has 26 heavy (non-hydrogen) atoms. The molecule has 144 valence electrons. The van der Waals surface area contributed by atoms with Crippen LogP contribution in [0.3, 0.4) is 0 Å². The number of alkyl halides is 2. The third-order valence-corrected chi connectivity index (χ3v) is 4.61. The second-order valence-electron chi connectivity index (χ2n) is 6.46. The number of amides is 1. The lowest BCUT2D eigenvalue weighted by atomic mass is 9.81. The van der Waals surface area contributed by atoms with Gasteiger partial charge < -0.3 is 19.5 Å². The molecule has 1 amide bonds. The smallest absolute Gasteiger partial charge is 0.387 e. The van der Waals surface area contributed by atoms with Crippen LogP contribution in [0.1, 0.15) is 31.2 Å². The van der Waals surface area contributed by atoms with Crippen molar-refractivity contribution in [3.63, 3.8) is 0 Å². The Morgan fingerprint density at radius 1 is 1.27 bits per heavy atom. The zero-order valence-electron chi connectivity index (χ0n) is 14.8. The number of halogens is 2. The van der Waals surface area contributed by atoms with Crippen molar-refractivity contribution in [2.45, 2.75) is 38.8 Å².